The van der Waals surface area contributed by atoms with Gasteiger partial charge in [0, 0.05) is 252 Å². The molecule has 0 aromatic heterocycles. The maximum Gasteiger partial charge on any atom is 0.107 e. The van der Waals surface area contributed by atoms with E-state index < -0.39 is 18.3 Å². The molecule has 3 heterocycles. The summed E-state index contributed by atoms with van der Waals surface area (Å²) >= 11 is 0. The molecule has 4 aromatic carbocycles. The van der Waals surface area contributed by atoms with Gasteiger partial charge in [-0.05, 0) is 132 Å². The molecule has 0 amide bonds. The number of nitrogens with zero attached hydrogens (tertiary/aromatic N) is 18. The van der Waals surface area contributed by atoms with Gasteiger partial charge in [0.2, 0.25) is 0 Å². The van der Waals surface area contributed by atoms with Crippen molar-refractivity contribution in [2.45, 2.75) is 237 Å². The van der Waals surface area contributed by atoms with Gasteiger partial charge in [0.05, 0.1) is 148 Å². The number of hydrogen-bond donors (Lipinski definition) is 9. The Kier molecular flexibility index (Phi) is 75.2. The summed E-state index contributed by atoms with van der Waals surface area (Å²) in [7, 11) is 50.8. The number of aliphatic hydroxyl groups excluding tert-OH is 3. The molecule has 0 spiro atoms. The first-order valence-corrected chi connectivity index (χ1v) is 36.4. The third-order valence-corrected chi connectivity index (χ3v) is 18.3. The molecule has 4 aromatic rings. The Labute approximate surface area is 859 Å². The number of aliphatic hydroxyl groups is 3. The van der Waals surface area contributed by atoms with Gasteiger partial charge in [0.15, 0.2) is 0 Å². The third kappa shape index (κ3) is 37.9. The Bertz CT molecular complexity index is 3560. The van der Waals surface area contributed by atoms with E-state index in [0.29, 0.717) is 143 Å². The van der Waals surface area contributed by atoms with Crippen molar-refractivity contribution in [2.24, 2.45) is 42.2 Å². The van der Waals surface area contributed by atoms with E-state index in [1.165, 1.54) is 0 Å². The first-order valence-electron chi connectivity index (χ1n) is 36.4. The quantitative estimate of drug-likeness (QED) is 0.00291. The van der Waals surface area contributed by atoms with Crippen LogP contribution in [0, 0.1) is 38.5 Å². The predicted molar refractivity (Wildman–Crippen MR) is 435 cm³/mol. The summed E-state index contributed by atoms with van der Waals surface area (Å²) in [5, 5.41) is 55.0. The van der Waals surface area contributed by atoms with E-state index in [2.05, 4.69) is 66.6 Å². The Morgan fingerprint density at radius 3 is 0.664 bits per heavy atom. The molecule has 30 nitrogen and oxygen atoms in total. The van der Waals surface area contributed by atoms with Crippen LogP contribution in [-0.4, -0.2) is 106 Å². The number of hydrogen-bond acceptors (Lipinski definition) is 18. The SMILES string of the molecule is C.[B]CCC(O)c1c(CN=[N+]=[N-])c(C(O)CC[B])c(CN=[N+]=[N-])c(C(O)CC[B])c1CN=[N+]=[N-].[B]CC[CH-]c1c(CN)c([CH-]CC[B])c(CNF)c([CH-]CC[B])c1CN.[B]CC[CH-]c1c(CNF)c([CH-]CC[B])c(CNF)c([CH-]CC[B])c1CNF.[N-]=[N+]=NCc1c(C2CO2)c(CN=[N+]=[N-])c(C2CO2)c(CN=[N+]=[N-])c1C1CO1.[Y].[Y].[Y].[Y].[Y].[Y]. The topological polar surface area (TPSA) is 491 Å². The Hall–Kier alpha value is -1.59. The number of ether oxygens (including phenoxy) is 3. The largest absolute Gasteiger partial charge is 0.388 e. The van der Waals surface area contributed by atoms with Crippen LogP contribution in [0.2, 0.25) is 56.9 Å². The summed E-state index contributed by atoms with van der Waals surface area (Å²) in [4.78, 5) is 17.0. The second kappa shape index (κ2) is 72.3. The first kappa shape index (κ1) is 124. The van der Waals surface area contributed by atoms with E-state index in [1.54, 1.807) is 22.2 Å². The van der Waals surface area contributed by atoms with Crippen molar-refractivity contribution in [3.05, 3.63) is 235 Å². The van der Waals surface area contributed by atoms with Crippen LogP contribution in [0.4, 0.5) is 17.9 Å². The molecule has 608 valence electrons. The summed E-state index contributed by atoms with van der Waals surface area (Å²) in [6.07, 6.45) is 14.6. The average molecular weight is 2070 g/mol. The zero-order valence-electron chi connectivity index (χ0n) is 66.2. The number of epoxide rings is 3. The normalized spacial score (nSPS) is 13.8. The molecule has 119 heavy (non-hydrogen) atoms. The number of benzene rings is 4. The molecule has 7 rings (SSSR count). The van der Waals surface area contributed by atoms with Crippen LogP contribution < -0.4 is 33.6 Å². The van der Waals surface area contributed by atoms with Crippen molar-refractivity contribution in [1.29, 1.82) is 0 Å². The van der Waals surface area contributed by atoms with Gasteiger partial charge in [-0.3, -0.25) is 0 Å². The molecular formula is C70H93B9F4N24O6Y6-6. The average Bonchev–Trinajstić information content (AvgIpc) is 1.68. The van der Waals surface area contributed by atoms with Gasteiger partial charge in [-0.25, -0.2) is 0 Å². The van der Waals surface area contributed by atoms with Gasteiger partial charge in [-0.2, -0.15) is 105 Å². The fourth-order valence-corrected chi connectivity index (χ4v) is 13.8. The standard InChI is InChI=1S/C18H24B3F3N3.C18H26B3FN3.C18H24B3N9O3.C15H15N9O3.CH4.6Y/c19-7-1-4-13-16(10-25-22)14(5-2-8-20)18(12-27-24)15(6-3-9-21)17(13)11-26-23;19-7-1-4-13-16(10-23)14(5-2-8-20)18(12-25-22)15(6-3-9-21)17(13)11-24;19-4-1-13(31)16-10(7-25-28-22)17(14(32)2-5-20)12(9-27-30-24)18(15(33)3-6-21)11(16)8-26-29-23;16-22-19-1-7-13(10-4-25-10)8(2-20-23-17)15(12-6-27-12)9(3-21-24-18)14(7)11-5-26-11;;;;;;;/h4-6,25-27H,1-3,7-12H2;4-6,25H,1-3,7-12,23-24H2;13-15,31-33H,1-9H2;10-12H,1-6H2;1H4;;;;;;/q2*-3;;;;;;;;;. The Balaban J connectivity index is -0.000000730. The summed E-state index contributed by atoms with van der Waals surface area (Å²) in [6.45, 7) is 1.54. The fraction of sp³-hybridized carbons (Fsp3) is 0.571. The van der Waals surface area contributed by atoms with Crippen LogP contribution in [0.5, 0.6) is 0 Å². The van der Waals surface area contributed by atoms with Crippen LogP contribution in [0.1, 0.15) is 235 Å². The second-order valence-corrected chi connectivity index (χ2v) is 25.1. The van der Waals surface area contributed by atoms with E-state index in [9.17, 15) is 33.2 Å². The Morgan fingerprint density at radius 2 is 0.513 bits per heavy atom. The van der Waals surface area contributed by atoms with Gasteiger partial charge in [0.1, 0.15) is 18.3 Å². The third-order valence-electron chi connectivity index (χ3n) is 18.3. The van der Waals surface area contributed by atoms with E-state index >= 15 is 0 Å². The van der Waals surface area contributed by atoms with Crippen molar-refractivity contribution in [1.82, 2.24) is 22.2 Å². The molecule has 3 aliphatic rings. The second-order valence-electron chi connectivity index (χ2n) is 25.1. The molecular weight excluding hydrogens is 1980 g/mol. The summed E-state index contributed by atoms with van der Waals surface area (Å²) in [5.74, 6) is 0. The molecule has 24 radical (unpaired) electrons. The molecule has 3 fully saturated rings. The smallest absolute Gasteiger partial charge is 0.107 e. The minimum absolute atomic E-state index is 0. The van der Waals surface area contributed by atoms with Crippen molar-refractivity contribution in [2.75, 3.05) is 19.8 Å². The number of azide groups is 6. The number of nitrogens with two attached hydrogens (primary N) is 2. The van der Waals surface area contributed by atoms with Crippen LogP contribution in [-0.2, 0) is 289 Å². The molecule has 3 saturated heterocycles. The summed E-state index contributed by atoms with van der Waals surface area (Å²) < 4.78 is 68.9. The van der Waals surface area contributed by atoms with Crippen LogP contribution >= 0.6 is 0 Å². The monoisotopic (exact) mass is 2070 g/mol. The van der Waals surface area contributed by atoms with Crippen LogP contribution in [0.25, 0.3) is 62.7 Å². The molecule has 3 aliphatic heterocycles. The van der Waals surface area contributed by atoms with Gasteiger partial charge in [-0.1, -0.05) is 134 Å². The minimum atomic E-state index is -1.19. The van der Waals surface area contributed by atoms with E-state index in [-0.39, 0.29) is 359 Å². The first-order chi connectivity index (χ1) is 54.6. The van der Waals surface area contributed by atoms with E-state index in [0.717, 1.165) is 66.8 Å². The van der Waals surface area contributed by atoms with Gasteiger partial charge in [-0.15, -0.1) is 40.2 Å². The zero-order valence-corrected chi connectivity index (χ0v) is 83.2. The predicted octanol–water partition coefficient (Wildman–Crippen LogP) is 14.5. The zero-order chi connectivity index (χ0) is 82.3. The number of nitrogens with one attached hydrogen (secondary N) is 4. The van der Waals surface area contributed by atoms with Crippen molar-refractivity contribution in [3.63, 3.8) is 0 Å². The van der Waals surface area contributed by atoms with Gasteiger partial charge < -0.3 is 41.0 Å². The molecule has 6 atom stereocenters. The maximum absolute atomic E-state index is 13.1. The van der Waals surface area contributed by atoms with Crippen molar-refractivity contribution < 1.29 is 244 Å². The fourth-order valence-electron chi connectivity index (χ4n) is 13.8. The minimum Gasteiger partial charge on any atom is -0.388 e. The van der Waals surface area contributed by atoms with Crippen LogP contribution in [0.3, 0.4) is 0 Å². The molecule has 0 bridgehead atoms. The van der Waals surface area contributed by atoms with Gasteiger partial charge in [0.25, 0.3) is 0 Å². The van der Waals surface area contributed by atoms with Crippen molar-refractivity contribution in [3.8, 4) is 0 Å². The summed E-state index contributed by atoms with van der Waals surface area (Å²) in [6, 6.07) is 0. The van der Waals surface area contributed by atoms with E-state index in [1.807, 2.05) is 32.1 Å². The molecule has 11 N–H and O–H groups in total. The molecule has 49 heteroatoms. The maximum atomic E-state index is 13.1. The van der Waals surface area contributed by atoms with Crippen molar-refractivity contribution >= 4 is 70.6 Å². The van der Waals surface area contributed by atoms with Crippen LogP contribution in [0.15, 0.2) is 30.7 Å². The van der Waals surface area contributed by atoms with E-state index in [4.69, 9.17) is 129 Å². The molecule has 6 unspecified atom stereocenters. The molecule has 0 saturated carbocycles. The Morgan fingerprint density at radius 1 is 0.336 bits per heavy atom. The molecule has 0 aliphatic carbocycles. The number of rotatable bonds is 52. The van der Waals surface area contributed by atoms with Gasteiger partial charge >= 0.3 is 0 Å². The summed E-state index contributed by atoms with van der Waals surface area (Å²) in [5.41, 5.74) is 88.1. The number of halogens is 4.